The Hall–Kier alpha value is -1.91. The molecule has 2 fully saturated rings. The summed E-state index contributed by atoms with van der Waals surface area (Å²) in [7, 11) is 0. The molecule has 0 radical (unpaired) electrons. The third kappa shape index (κ3) is 3.70. The van der Waals surface area contributed by atoms with Gasteiger partial charge in [0, 0.05) is 27.9 Å². The van der Waals surface area contributed by atoms with E-state index in [0.717, 1.165) is 53.0 Å². The number of rotatable bonds is 3. The van der Waals surface area contributed by atoms with Gasteiger partial charge in [0.25, 0.3) is 0 Å². The molecule has 2 aromatic rings. The number of halogens is 1. The Morgan fingerprint density at radius 1 is 1.06 bits per heavy atom. The minimum Gasteiger partial charge on any atom is -0.341 e. The van der Waals surface area contributed by atoms with Gasteiger partial charge in [-0.3, -0.25) is 23.7 Å². The van der Waals surface area contributed by atoms with Gasteiger partial charge in [-0.05, 0) is 43.5 Å². The Labute approximate surface area is 208 Å². The molecule has 0 N–H and O–H groups in total. The highest BCUT2D eigenvalue weighted by atomic mass is 79.9. The van der Waals surface area contributed by atoms with Crippen LogP contribution in [0.15, 0.2) is 38.6 Å². The lowest BCUT2D eigenvalue weighted by atomic mass is 9.76. The summed E-state index contributed by atoms with van der Waals surface area (Å²) < 4.78 is 2.38. The molecule has 3 aliphatic rings. The maximum absolute atomic E-state index is 13.5. The Morgan fingerprint density at radius 3 is 2.39 bits per heavy atom. The standard InChI is InChI=1S/C23H24BrN3O4S2/c1-23(2)16-17(20(30)27(19(16)29)14-8-6-13(24)7-9-14)32-21-18(23)33-22(31)26(21)12-15(28)25-10-4-3-5-11-25/h6-9,16-17H,3-5,10-12H2,1-2H3/t16-,17+/m1/s1. The topological polar surface area (TPSA) is 79.7 Å². The van der Waals surface area contributed by atoms with E-state index >= 15 is 0 Å². The van der Waals surface area contributed by atoms with Gasteiger partial charge in [-0.1, -0.05) is 52.9 Å². The lowest BCUT2D eigenvalue weighted by Gasteiger charge is -2.36. The minimum absolute atomic E-state index is 0.0241. The summed E-state index contributed by atoms with van der Waals surface area (Å²) in [6.07, 6.45) is 3.09. The molecule has 4 heterocycles. The van der Waals surface area contributed by atoms with E-state index in [2.05, 4.69) is 15.9 Å². The first-order valence-corrected chi connectivity index (χ1v) is 13.5. The van der Waals surface area contributed by atoms with E-state index in [4.69, 9.17) is 0 Å². The molecule has 33 heavy (non-hydrogen) atoms. The number of amides is 3. The highest BCUT2D eigenvalue weighted by Gasteiger charge is 2.59. The van der Waals surface area contributed by atoms with Crippen molar-refractivity contribution in [3.8, 4) is 0 Å². The molecule has 174 valence electrons. The zero-order valence-corrected chi connectivity index (χ0v) is 21.6. The number of thioether (sulfide) groups is 1. The molecule has 3 aliphatic heterocycles. The van der Waals surface area contributed by atoms with Gasteiger partial charge < -0.3 is 4.90 Å². The fourth-order valence-electron chi connectivity index (χ4n) is 4.99. The lowest BCUT2D eigenvalue weighted by Crippen LogP contribution is -2.42. The van der Waals surface area contributed by atoms with Crippen molar-refractivity contribution < 1.29 is 14.4 Å². The third-order valence-electron chi connectivity index (χ3n) is 6.79. The van der Waals surface area contributed by atoms with Crippen molar-refractivity contribution in [2.45, 2.75) is 55.3 Å². The van der Waals surface area contributed by atoms with Gasteiger partial charge in [0.2, 0.25) is 17.7 Å². The summed E-state index contributed by atoms with van der Waals surface area (Å²) in [5.41, 5.74) is -0.161. The molecule has 2 atom stereocenters. The molecule has 2 saturated heterocycles. The number of piperidine rings is 1. The van der Waals surface area contributed by atoms with Crippen LogP contribution in [0.25, 0.3) is 0 Å². The highest BCUT2D eigenvalue weighted by Crippen LogP contribution is 2.54. The van der Waals surface area contributed by atoms with Crippen LogP contribution in [0, 0.1) is 5.92 Å². The van der Waals surface area contributed by atoms with Crippen molar-refractivity contribution in [2.75, 3.05) is 18.0 Å². The zero-order chi connectivity index (χ0) is 23.5. The van der Waals surface area contributed by atoms with Crippen LogP contribution in [0.5, 0.6) is 0 Å². The molecule has 3 amide bonds. The van der Waals surface area contributed by atoms with E-state index in [1.165, 1.54) is 21.2 Å². The number of carbonyl (C=O) groups is 3. The zero-order valence-electron chi connectivity index (χ0n) is 18.4. The van der Waals surface area contributed by atoms with E-state index in [1.807, 2.05) is 18.7 Å². The number of imide groups is 1. The van der Waals surface area contributed by atoms with Crippen molar-refractivity contribution >= 4 is 62.4 Å². The highest BCUT2D eigenvalue weighted by molar-refractivity contribution is 9.10. The predicted octanol–water partition coefficient (Wildman–Crippen LogP) is 3.63. The molecule has 0 aliphatic carbocycles. The number of likely N-dealkylation sites (tertiary alicyclic amines) is 1. The molecule has 1 aromatic carbocycles. The van der Waals surface area contributed by atoms with Crippen LogP contribution in [-0.2, 0) is 26.3 Å². The number of aromatic nitrogens is 1. The quantitative estimate of drug-likeness (QED) is 0.546. The molecule has 0 saturated carbocycles. The van der Waals surface area contributed by atoms with Crippen LogP contribution in [0.3, 0.4) is 0 Å². The Morgan fingerprint density at radius 2 is 1.73 bits per heavy atom. The van der Waals surface area contributed by atoms with Gasteiger partial charge in [0.1, 0.15) is 11.8 Å². The largest absolute Gasteiger partial charge is 0.341 e. The van der Waals surface area contributed by atoms with E-state index in [1.54, 1.807) is 24.3 Å². The van der Waals surface area contributed by atoms with Gasteiger partial charge in [-0.2, -0.15) is 0 Å². The monoisotopic (exact) mass is 549 g/mol. The van der Waals surface area contributed by atoms with Crippen molar-refractivity contribution in [1.82, 2.24) is 9.47 Å². The maximum atomic E-state index is 13.5. The summed E-state index contributed by atoms with van der Waals surface area (Å²) in [5.74, 6) is -1.16. The molecule has 5 rings (SSSR count). The Kier molecular flexibility index (Phi) is 5.81. The van der Waals surface area contributed by atoms with Crippen LogP contribution in [0.2, 0.25) is 0 Å². The van der Waals surface area contributed by atoms with Crippen LogP contribution in [0.4, 0.5) is 5.69 Å². The number of fused-ring (bicyclic) bond motifs is 2. The van der Waals surface area contributed by atoms with Crippen LogP contribution in [-0.4, -0.2) is 45.5 Å². The number of anilines is 1. The van der Waals surface area contributed by atoms with Crippen LogP contribution < -0.4 is 9.77 Å². The Bertz CT molecular complexity index is 1200. The minimum atomic E-state index is -0.703. The molecule has 10 heteroatoms. The molecule has 1 aromatic heterocycles. The normalized spacial score (nSPS) is 24.1. The van der Waals surface area contributed by atoms with Gasteiger partial charge in [-0.25, -0.2) is 4.90 Å². The van der Waals surface area contributed by atoms with Crippen molar-refractivity contribution in [3.63, 3.8) is 0 Å². The second-order valence-electron chi connectivity index (χ2n) is 9.26. The molecule has 0 spiro atoms. The third-order valence-corrected chi connectivity index (χ3v) is 10.1. The molecular formula is C23H24BrN3O4S2. The van der Waals surface area contributed by atoms with Gasteiger partial charge in [0.05, 0.1) is 16.6 Å². The van der Waals surface area contributed by atoms with E-state index in [9.17, 15) is 19.2 Å². The van der Waals surface area contributed by atoms with Crippen molar-refractivity contribution in [2.24, 2.45) is 5.92 Å². The first-order valence-electron chi connectivity index (χ1n) is 11.0. The van der Waals surface area contributed by atoms with E-state index < -0.39 is 16.6 Å². The maximum Gasteiger partial charge on any atom is 0.308 e. The number of hydrogen-bond acceptors (Lipinski definition) is 6. The SMILES string of the molecule is CC1(C)c2sc(=O)n(CC(=O)N3CCCCC3)c2S[C@@H]2C(=O)N(c3ccc(Br)cc3)C(=O)[C@@H]21. The fraction of sp³-hybridized carbons (Fsp3) is 0.478. The van der Waals surface area contributed by atoms with Gasteiger partial charge in [0.15, 0.2) is 0 Å². The van der Waals surface area contributed by atoms with Gasteiger partial charge >= 0.3 is 4.87 Å². The summed E-state index contributed by atoms with van der Waals surface area (Å²) in [5, 5.41) is 0.0226. The predicted molar refractivity (Wildman–Crippen MR) is 132 cm³/mol. The number of nitrogens with zero attached hydrogens (tertiary/aromatic N) is 3. The van der Waals surface area contributed by atoms with Crippen molar-refractivity contribution in [3.05, 3.63) is 43.3 Å². The summed E-state index contributed by atoms with van der Waals surface area (Å²) >= 11 is 5.74. The van der Waals surface area contributed by atoms with E-state index in [-0.39, 0.29) is 29.1 Å². The first kappa shape index (κ1) is 22.9. The summed E-state index contributed by atoms with van der Waals surface area (Å²) in [4.78, 5) is 56.4. The average molecular weight is 551 g/mol. The van der Waals surface area contributed by atoms with E-state index in [0.29, 0.717) is 10.7 Å². The number of hydrogen-bond donors (Lipinski definition) is 0. The smallest absolute Gasteiger partial charge is 0.308 e. The first-order chi connectivity index (χ1) is 15.7. The molecule has 7 nitrogen and oxygen atoms in total. The second kappa shape index (κ2) is 8.39. The lowest BCUT2D eigenvalue weighted by molar-refractivity contribution is -0.133. The Balaban J connectivity index is 1.49. The van der Waals surface area contributed by atoms with Crippen molar-refractivity contribution in [1.29, 1.82) is 0 Å². The van der Waals surface area contributed by atoms with Gasteiger partial charge in [-0.15, -0.1) is 0 Å². The second-order valence-corrected chi connectivity index (χ2v) is 12.3. The number of benzene rings is 1. The number of thiazole rings is 1. The fourth-order valence-corrected chi connectivity index (χ4v) is 8.29. The molecular weight excluding hydrogens is 526 g/mol. The molecule has 0 bridgehead atoms. The molecule has 0 unspecified atom stereocenters. The average Bonchev–Trinajstić information content (AvgIpc) is 3.24. The summed E-state index contributed by atoms with van der Waals surface area (Å²) in [6.45, 7) is 5.26. The number of carbonyl (C=O) groups excluding carboxylic acids is 3. The summed E-state index contributed by atoms with van der Waals surface area (Å²) in [6, 6.07) is 7.10. The van der Waals surface area contributed by atoms with Crippen LogP contribution >= 0.6 is 39.0 Å². The van der Waals surface area contributed by atoms with Crippen LogP contribution in [0.1, 0.15) is 38.0 Å².